The van der Waals surface area contributed by atoms with Crippen molar-refractivity contribution in [2.45, 2.75) is 44.1 Å². The van der Waals surface area contributed by atoms with Crippen molar-refractivity contribution in [3.8, 4) is 0 Å². The highest BCUT2D eigenvalue weighted by Gasteiger charge is 2.41. The highest BCUT2D eigenvalue weighted by atomic mass is 16.6. The Hall–Kier alpha value is -0.200. The van der Waals surface area contributed by atoms with E-state index in [0.29, 0.717) is 6.42 Å². The van der Waals surface area contributed by atoms with Gasteiger partial charge in [-0.05, 0) is 6.42 Å². The normalized spacial score (nSPS) is 49.2. The Bertz CT molecular complexity index is 146. The minimum atomic E-state index is -1.43. The molecule has 0 radical (unpaired) electrons. The zero-order valence-electron chi connectivity index (χ0n) is 6.79. The van der Waals surface area contributed by atoms with Gasteiger partial charge < -0.3 is 25.2 Å². The third-order valence-corrected chi connectivity index (χ3v) is 2.09. The van der Waals surface area contributed by atoms with Crippen LogP contribution in [0.25, 0.3) is 0 Å². The molecule has 5 nitrogen and oxygen atoms in total. The first kappa shape index (κ1) is 9.88. The van der Waals surface area contributed by atoms with Gasteiger partial charge in [-0.25, -0.2) is 0 Å². The average Bonchev–Trinajstić information content (AvgIpc) is 2.08. The Balaban J connectivity index is 2.63. The first-order chi connectivity index (χ1) is 5.57. The first-order valence-corrected chi connectivity index (χ1v) is 3.95. The van der Waals surface area contributed by atoms with Crippen LogP contribution in [-0.2, 0) is 4.74 Å². The molecule has 1 aliphatic heterocycles. The standard InChI is InChI=1S/C7H14O5/c1-2-3-4(8)5(9)6(10)7(11)12-3/h3-11H,2H2,1H3/t3-,4-,5-,6+,7?/m1/s1. The zero-order chi connectivity index (χ0) is 9.30. The third kappa shape index (κ3) is 1.60. The zero-order valence-corrected chi connectivity index (χ0v) is 6.79. The van der Waals surface area contributed by atoms with Crippen LogP contribution in [0.2, 0.25) is 0 Å². The fourth-order valence-corrected chi connectivity index (χ4v) is 1.27. The summed E-state index contributed by atoms with van der Waals surface area (Å²) in [6.45, 7) is 1.75. The summed E-state index contributed by atoms with van der Waals surface area (Å²) in [5.41, 5.74) is 0. The number of aliphatic hydroxyl groups is 4. The Kier molecular flexibility index (Phi) is 3.03. The van der Waals surface area contributed by atoms with Crippen molar-refractivity contribution in [2.75, 3.05) is 0 Å². The van der Waals surface area contributed by atoms with Gasteiger partial charge in [0.15, 0.2) is 6.29 Å². The van der Waals surface area contributed by atoms with E-state index in [2.05, 4.69) is 0 Å². The minimum Gasteiger partial charge on any atom is -0.388 e. The number of hydrogen-bond acceptors (Lipinski definition) is 5. The van der Waals surface area contributed by atoms with Crippen molar-refractivity contribution in [1.82, 2.24) is 0 Å². The maximum atomic E-state index is 9.28. The van der Waals surface area contributed by atoms with Crippen molar-refractivity contribution in [1.29, 1.82) is 0 Å². The van der Waals surface area contributed by atoms with Crippen molar-refractivity contribution in [2.24, 2.45) is 0 Å². The number of hydrogen-bond donors (Lipinski definition) is 4. The van der Waals surface area contributed by atoms with Gasteiger partial charge in [0.25, 0.3) is 0 Å². The van der Waals surface area contributed by atoms with Crippen LogP contribution >= 0.6 is 0 Å². The molecule has 0 bridgehead atoms. The second-order valence-corrected chi connectivity index (χ2v) is 2.95. The summed E-state index contributed by atoms with van der Waals surface area (Å²) in [5.74, 6) is 0. The molecule has 5 atom stereocenters. The lowest BCUT2D eigenvalue weighted by Crippen LogP contribution is -2.57. The molecule has 1 heterocycles. The fourth-order valence-electron chi connectivity index (χ4n) is 1.27. The average molecular weight is 178 g/mol. The Morgan fingerprint density at radius 1 is 1.00 bits per heavy atom. The highest BCUT2D eigenvalue weighted by molar-refractivity contribution is 4.87. The minimum absolute atomic E-state index is 0.474. The molecule has 0 amide bonds. The fraction of sp³-hybridized carbons (Fsp3) is 1.00. The van der Waals surface area contributed by atoms with Crippen LogP contribution in [0.3, 0.4) is 0 Å². The van der Waals surface area contributed by atoms with Crippen LogP contribution in [-0.4, -0.2) is 51.1 Å². The molecular formula is C7H14O5. The molecule has 4 N–H and O–H groups in total. The maximum absolute atomic E-state index is 9.28. The van der Waals surface area contributed by atoms with E-state index in [1.54, 1.807) is 6.92 Å². The van der Waals surface area contributed by atoms with Gasteiger partial charge in [-0.2, -0.15) is 0 Å². The van der Waals surface area contributed by atoms with Crippen molar-refractivity contribution < 1.29 is 25.2 Å². The molecule has 0 aromatic carbocycles. The first-order valence-electron chi connectivity index (χ1n) is 3.95. The summed E-state index contributed by atoms with van der Waals surface area (Å²) in [6.07, 6.45) is -5.44. The topological polar surface area (TPSA) is 90.2 Å². The number of rotatable bonds is 1. The van der Waals surface area contributed by atoms with Gasteiger partial charge in [-0.1, -0.05) is 6.92 Å². The van der Waals surface area contributed by atoms with E-state index in [-0.39, 0.29) is 0 Å². The molecule has 0 aliphatic carbocycles. The Morgan fingerprint density at radius 2 is 1.58 bits per heavy atom. The lowest BCUT2D eigenvalue weighted by atomic mass is 9.97. The van der Waals surface area contributed by atoms with E-state index < -0.39 is 30.7 Å². The van der Waals surface area contributed by atoms with Crippen LogP contribution in [0.4, 0.5) is 0 Å². The molecular weight excluding hydrogens is 164 g/mol. The van der Waals surface area contributed by atoms with Crippen molar-refractivity contribution in [3.05, 3.63) is 0 Å². The number of ether oxygens (including phenoxy) is 1. The summed E-state index contributed by atoms with van der Waals surface area (Å²) in [5, 5.41) is 36.5. The summed E-state index contributed by atoms with van der Waals surface area (Å²) in [6, 6.07) is 0. The van der Waals surface area contributed by atoms with Gasteiger partial charge in [0, 0.05) is 0 Å². The van der Waals surface area contributed by atoms with Crippen molar-refractivity contribution in [3.63, 3.8) is 0 Å². The predicted octanol–water partition coefficient (Wildman–Crippen LogP) is -1.80. The Morgan fingerprint density at radius 3 is 2.08 bits per heavy atom. The Labute approximate surface area is 70.2 Å². The lowest BCUT2D eigenvalue weighted by molar-refractivity contribution is -0.281. The van der Waals surface area contributed by atoms with E-state index in [9.17, 15) is 10.2 Å². The van der Waals surface area contributed by atoms with E-state index in [4.69, 9.17) is 14.9 Å². The van der Waals surface area contributed by atoms with E-state index in [1.165, 1.54) is 0 Å². The molecule has 1 unspecified atom stereocenters. The molecule has 5 heteroatoms. The van der Waals surface area contributed by atoms with E-state index in [1.807, 2.05) is 0 Å². The molecule has 1 saturated heterocycles. The molecule has 0 aromatic heterocycles. The number of aliphatic hydroxyl groups excluding tert-OH is 4. The van der Waals surface area contributed by atoms with Crippen LogP contribution in [0.15, 0.2) is 0 Å². The molecule has 0 saturated carbocycles. The summed E-state index contributed by atoms with van der Waals surface area (Å²) in [4.78, 5) is 0. The maximum Gasteiger partial charge on any atom is 0.183 e. The van der Waals surface area contributed by atoms with Gasteiger partial charge in [0.1, 0.15) is 18.3 Å². The summed E-state index contributed by atoms with van der Waals surface area (Å²) in [7, 11) is 0. The second kappa shape index (κ2) is 3.68. The van der Waals surface area contributed by atoms with Gasteiger partial charge >= 0.3 is 0 Å². The monoisotopic (exact) mass is 178 g/mol. The van der Waals surface area contributed by atoms with E-state index >= 15 is 0 Å². The van der Waals surface area contributed by atoms with Crippen LogP contribution in [0, 0.1) is 0 Å². The van der Waals surface area contributed by atoms with Gasteiger partial charge in [-0.3, -0.25) is 0 Å². The van der Waals surface area contributed by atoms with Gasteiger partial charge in [0.2, 0.25) is 0 Å². The van der Waals surface area contributed by atoms with E-state index in [0.717, 1.165) is 0 Å². The summed E-state index contributed by atoms with van der Waals surface area (Å²) >= 11 is 0. The molecule has 0 spiro atoms. The van der Waals surface area contributed by atoms with Gasteiger partial charge in [0.05, 0.1) is 6.10 Å². The quantitative estimate of drug-likeness (QED) is 0.380. The lowest BCUT2D eigenvalue weighted by Gasteiger charge is -2.37. The van der Waals surface area contributed by atoms with Crippen molar-refractivity contribution >= 4 is 0 Å². The highest BCUT2D eigenvalue weighted by Crippen LogP contribution is 2.21. The molecule has 1 rings (SSSR count). The predicted molar refractivity (Wildman–Crippen MR) is 39.2 cm³/mol. The third-order valence-electron chi connectivity index (χ3n) is 2.09. The largest absolute Gasteiger partial charge is 0.388 e. The van der Waals surface area contributed by atoms with Crippen LogP contribution in [0.5, 0.6) is 0 Å². The molecule has 0 aromatic rings. The van der Waals surface area contributed by atoms with Crippen LogP contribution in [0.1, 0.15) is 13.3 Å². The molecule has 12 heavy (non-hydrogen) atoms. The molecule has 72 valence electrons. The second-order valence-electron chi connectivity index (χ2n) is 2.95. The van der Waals surface area contributed by atoms with Gasteiger partial charge in [-0.15, -0.1) is 0 Å². The molecule has 1 fully saturated rings. The SMILES string of the molecule is CC[C@H]1OC(O)[C@@H](O)[C@H](O)[C@@H]1O. The van der Waals surface area contributed by atoms with Crippen LogP contribution < -0.4 is 0 Å². The smallest absolute Gasteiger partial charge is 0.183 e. The summed E-state index contributed by atoms with van der Waals surface area (Å²) < 4.78 is 4.83. The molecule has 1 aliphatic rings.